The van der Waals surface area contributed by atoms with Crippen LogP contribution in [0, 0.1) is 0 Å². The average molecular weight is 160 g/mol. The number of nitrogens with two attached hydrogens (primary N) is 1. The molecular formula is C6H12N2OS. The lowest BCUT2D eigenvalue weighted by Gasteiger charge is -2.20. The van der Waals surface area contributed by atoms with E-state index in [9.17, 15) is 0 Å². The number of allylic oxidation sites excluding steroid dienone is 1. The minimum absolute atomic E-state index is 0.189. The number of rotatable bonds is 3. The van der Waals surface area contributed by atoms with Crippen molar-refractivity contribution in [2.75, 3.05) is 6.61 Å². The van der Waals surface area contributed by atoms with Gasteiger partial charge in [-0.3, -0.25) is 4.84 Å². The number of hydrogen-bond acceptors (Lipinski definition) is 2. The maximum Gasteiger partial charge on any atom is 0.195 e. The van der Waals surface area contributed by atoms with E-state index in [0.717, 1.165) is 0 Å². The monoisotopic (exact) mass is 160 g/mol. The van der Waals surface area contributed by atoms with Crippen molar-refractivity contribution in [3.63, 3.8) is 0 Å². The molecule has 0 heterocycles. The van der Waals surface area contributed by atoms with Crippen LogP contribution >= 0.6 is 12.2 Å². The van der Waals surface area contributed by atoms with Crippen LogP contribution in [0.4, 0.5) is 0 Å². The molecule has 0 aliphatic heterocycles. The lowest BCUT2D eigenvalue weighted by Crippen LogP contribution is -2.33. The predicted molar refractivity (Wildman–Crippen MR) is 45.1 cm³/mol. The van der Waals surface area contributed by atoms with Crippen molar-refractivity contribution in [3.05, 3.63) is 12.3 Å². The molecule has 3 nitrogen and oxygen atoms in total. The van der Waals surface area contributed by atoms with Gasteiger partial charge in [0.25, 0.3) is 0 Å². The van der Waals surface area contributed by atoms with E-state index in [1.807, 2.05) is 6.92 Å². The Balaban J connectivity index is 3.98. The number of hydroxylamine groups is 2. The number of nitrogens with zero attached hydrogens (tertiary/aromatic N) is 1. The number of thiocarbonyl (C=S) groups is 1. The van der Waals surface area contributed by atoms with Gasteiger partial charge in [0.15, 0.2) is 5.11 Å². The molecule has 0 atom stereocenters. The predicted octanol–water partition coefficient (Wildman–Crippen LogP) is 1.02. The molecule has 0 aliphatic rings. The third-order valence-corrected chi connectivity index (χ3v) is 0.971. The summed E-state index contributed by atoms with van der Waals surface area (Å²) in [6, 6.07) is 0. The largest absolute Gasteiger partial charge is 0.374 e. The zero-order valence-electron chi connectivity index (χ0n) is 6.26. The normalized spacial score (nSPS) is 9.00. The lowest BCUT2D eigenvalue weighted by molar-refractivity contribution is -0.0634. The van der Waals surface area contributed by atoms with E-state index in [1.165, 1.54) is 5.06 Å². The third kappa shape index (κ3) is 2.80. The van der Waals surface area contributed by atoms with Crippen molar-refractivity contribution >= 4 is 17.3 Å². The molecule has 4 heteroatoms. The van der Waals surface area contributed by atoms with Gasteiger partial charge in [0.1, 0.15) is 0 Å². The third-order valence-electron chi connectivity index (χ3n) is 0.805. The Kier molecular flexibility index (Phi) is 3.99. The van der Waals surface area contributed by atoms with E-state index < -0.39 is 0 Å². The fraction of sp³-hybridized carbons (Fsp3) is 0.500. The molecule has 0 aromatic rings. The molecule has 0 aliphatic carbocycles. The van der Waals surface area contributed by atoms with E-state index >= 15 is 0 Å². The second-order valence-electron chi connectivity index (χ2n) is 1.79. The van der Waals surface area contributed by atoms with Gasteiger partial charge in [0.2, 0.25) is 0 Å². The zero-order chi connectivity index (χ0) is 8.15. The molecule has 0 unspecified atom stereocenters. The smallest absolute Gasteiger partial charge is 0.195 e. The Labute approximate surface area is 66.4 Å². The van der Waals surface area contributed by atoms with Crippen LogP contribution in [0.25, 0.3) is 0 Å². The molecule has 58 valence electrons. The van der Waals surface area contributed by atoms with Crippen molar-refractivity contribution in [2.24, 2.45) is 5.73 Å². The minimum atomic E-state index is 0.189. The summed E-state index contributed by atoms with van der Waals surface area (Å²) in [6.45, 7) is 7.79. The van der Waals surface area contributed by atoms with Gasteiger partial charge < -0.3 is 5.73 Å². The molecule has 0 bridgehead atoms. The maximum absolute atomic E-state index is 5.30. The van der Waals surface area contributed by atoms with E-state index in [1.54, 1.807) is 6.92 Å². The first-order valence-electron chi connectivity index (χ1n) is 2.97. The first-order valence-corrected chi connectivity index (χ1v) is 3.38. The molecule has 0 spiro atoms. The summed E-state index contributed by atoms with van der Waals surface area (Å²) in [5, 5.41) is 1.52. The molecule has 10 heavy (non-hydrogen) atoms. The molecule has 0 fully saturated rings. The molecule has 0 amide bonds. The number of hydrogen-bond donors (Lipinski definition) is 1. The second-order valence-corrected chi connectivity index (χ2v) is 2.20. The summed E-state index contributed by atoms with van der Waals surface area (Å²) < 4.78 is 0. The summed E-state index contributed by atoms with van der Waals surface area (Å²) in [7, 11) is 0. The summed E-state index contributed by atoms with van der Waals surface area (Å²) in [5.41, 5.74) is 5.98. The SMILES string of the molecule is C=C(C)N(OCC)C(N)=S. The van der Waals surface area contributed by atoms with Gasteiger partial charge in [-0.25, -0.2) is 5.06 Å². The fourth-order valence-electron chi connectivity index (χ4n) is 0.491. The van der Waals surface area contributed by atoms with Crippen LogP contribution in [0.15, 0.2) is 12.3 Å². The van der Waals surface area contributed by atoms with Crippen LogP contribution in [-0.2, 0) is 4.84 Å². The fourth-order valence-corrected chi connectivity index (χ4v) is 0.700. The standard InChI is InChI=1S/C6H12N2OS/c1-4-9-8(5(2)3)6(7)10/h2,4H2,1,3H3,(H2,7,10). The van der Waals surface area contributed by atoms with Crippen LogP contribution < -0.4 is 5.73 Å². The quantitative estimate of drug-likeness (QED) is 0.494. The summed E-state index contributed by atoms with van der Waals surface area (Å²) in [5.74, 6) is 0. The lowest BCUT2D eigenvalue weighted by atomic mass is 10.6. The van der Waals surface area contributed by atoms with Crippen LogP contribution in [0.2, 0.25) is 0 Å². The molecular weight excluding hydrogens is 148 g/mol. The van der Waals surface area contributed by atoms with Gasteiger partial charge >= 0.3 is 0 Å². The zero-order valence-corrected chi connectivity index (χ0v) is 7.07. The topological polar surface area (TPSA) is 38.5 Å². The summed E-state index contributed by atoms with van der Waals surface area (Å²) in [6.07, 6.45) is 0. The Morgan fingerprint density at radius 2 is 2.30 bits per heavy atom. The molecule has 0 saturated carbocycles. The summed E-state index contributed by atoms with van der Waals surface area (Å²) in [4.78, 5) is 5.03. The first kappa shape index (κ1) is 9.39. The van der Waals surface area contributed by atoms with Gasteiger partial charge in [0.05, 0.1) is 6.61 Å². The average Bonchev–Trinajstić information content (AvgIpc) is 1.81. The highest BCUT2D eigenvalue weighted by atomic mass is 32.1. The Morgan fingerprint density at radius 1 is 1.80 bits per heavy atom. The van der Waals surface area contributed by atoms with Crippen molar-refractivity contribution < 1.29 is 4.84 Å². The van der Waals surface area contributed by atoms with Gasteiger partial charge in [-0.05, 0) is 26.1 Å². The Hall–Kier alpha value is -0.610. The second kappa shape index (κ2) is 4.24. The van der Waals surface area contributed by atoms with Crippen LogP contribution in [-0.4, -0.2) is 16.8 Å². The maximum atomic E-state index is 5.30. The summed E-state index contributed by atoms with van der Waals surface area (Å²) >= 11 is 4.68. The van der Waals surface area contributed by atoms with Crippen molar-refractivity contribution in [2.45, 2.75) is 13.8 Å². The van der Waals surface area contributed by atoms with Crippen LogP contribution in [0.5, 0.6) is 0 Å². The minimum Gasteiger partial charge on any atom is -0.374 e. The van der Waals surface area contributed by atoms with Gasteiger partial charge in [0, 0.05) is 5.70 Å². The van der Waals surface area contributed by atoms with E-state index in [-0.39, 0.29) is 5.11 Å². The van der Waals surface area contributed by atoms with E-state index in [4.69, 9.17) is 10.6 Å². The van der Waals surface area contributed by atoms with Gasteiger partial charge in [-0.2, -0.15) is 0 Å². The molecule has 0 rings (SSSR count). The van der Waals surface area contributed by atoms with Crippen molar-refractivity contribution in [3.8, 4) is 0 Å². The first-order chi connectivity index (χ1) is 4.59. The molecule has 0 saturated heterocycles. The van der Waals surface area contributed by atoms with Gasteiger partial charge in [-0.15, -0.1) is 0 Å². The highest BCUT2D eigenvalue weighted by Gasteiger charge is 2.04. The van der Waals surface area contributed by atoms with Gasteiger partial charge in [-0.1, -0.05) is 6.58 Å². The van der Waals surface area contributed by atoms with Crippen LogP contribution in [0.1, 0.15) is 13.8 Å². The molecule has 2 N–H and O–H groups in total. The molecule has 0 radical (unpaired) electrons. The Bertz CT molecular complexity index is 133. The van der Waals surface area contributed by atoms with Crippen molar-refractivity contribution in [1.29, 1.82) is 0 Å². The molecule has 0 aromatic carbocycles. The van der Waals surface area contributed by atoms with E-state index in [2.05, 4.69) is 18.8 Å². The Morgan fingerprint density at radius 3 is 2.40 bits per heavy atom. The van der Waals surface area contributed by atoms with Crippen LogP contribution in [0.3, 0.4) is 0 Å². The van der Waals surface area contributed by atoms with E-state index in [0.29, 0.717) is 12.3 Å². The van der Waals surface area contributed by atoms with Crippen molar-refractivity contribution in [1.82, 2.24) is 5.06 Å². The molecule has 0 aromatic heterocycles. The highest BCUT2D eigenvalue weighted by Crippen LogP contribution is 1.99. The highest BCUT2D eigenvalue weighted by molar-refractivity contribution is 7.80.